The number of alkyl halides is 3. The standard InChI is InChI=1S/C12H17F3N2O2S/c1-9(7-12(13,14)15)17-20(18,19)11-5-3-4-10(6-11)8-16-2/h3-6,9,16-17H,7-8H2,1-2H3. The number of sulfonamides is 1. The highest BCUT2D eigenvalue weighted by Gasteiger charge is 2.31. The van der Waals surface area contributed by atoms with E-state index in [-0.39, 0.29) is 4.90 Å². The molecule has 1 aromatic rings. The van der Waals surface area contributed by atoms with E-state index in [1.54, 1.807) is 19.2 Å². The summed E-state index contributed by atoms with van der Waals surface area (Å²) in [5.41, 5.74) is 0.735. The van der Waals surface area contributed by atoms with Crippen molar-refractivity contribution < 1.29 is 21.6 Å². The van der Waals surface area contributed by atoms with E-state index in [0.717, 1.165) is 5.56 Å². The lowest BCUT2D eigenvalue weighted by Gasteiger charge is -2.16. The lowest BCUT2D eigenvalue weighted by molar-refractivity contribution is -0.137. The van der Waals surface area contributed by atoms with Gasteiger partial charge in [0.25, 0.3) is 0 Å². The quantitative estimate of drug-likeness (QED) is 0.845. The van der Waals surface area contributed by atoms with Crippen LogP contribution in [0.1, 0.15) is 18.9 Å². The van der Waals surface area contributed by atoms with Crippen molar-refractivity contribution in [1.82, 2.24) is 10.0 Å². The normalized spacial score (nSPS) is 14.2. The Balaban J connectivity index is 2.85. The molecular formula is C12H17F3N2O2S. The molecule has 0 aliphatic carbocycles. The zero-order valence-corrected chi connectivity index (χ0v) is 12.0. The van der Waals surface area contributed by atoms with Gasteiger partial charge in [0.2, 0.25) is 10.0 Å². The molecule has 1 unspecified atom stereocenters. The van der Waals surface area contributed by atoms with Gasteiger partial charge in [-0.15, -0.1) is 0 Å². The molecule has 1 aromatic carbocycles. The number of hydrogen-bond donors (Lipinski definition) is 2. The Labute approximate surface area is 116 Å². The third-order valence-corrected chi connectivity index (χ3v) is 4.07. The minimum absolute atomic E-state index is 0.0423. The van der Waals surface area contributed by atoms with Gasteiger partial charge in [0.05, 0.1) is 11.3 Å². The molecule has 0 saturated heterocycles. The smallest absolute Gasteiger partial charge is 0.316 e. The molecule has 0 spiro atoms. The van der Waals surface area contributed by atoms with Crippen LogP contribution in [0.5, 0.6) is 0 Å². The van der Waals surface area contributed by atoms with Gasteiger partial charge in [-0.2, -0.15) is 13.2 Å². The number of benzene rings is 1. The summed E-state index contributed by atoms with van der Waals surface area (Å²) in [6.45, 7) is 1.66. The third kappa shape index (κ3) is 5.48. The topological polar surface area (TPSA) is 58.2 Å². The van der Waals surface area contributed by atoms with Gasteiger partial charge in [-0.05, 0) is 31.7 Å². The van der Waals surface area contributed by atoms with Crippen molar-refractivity contribution in [2.24, 2.45) is 0 Å². The highest BCUT2D eigenvalue weighted by Crippen LogP contribution is 2.22. The predicted octanol–water partition coefficient (Wildman–Crippen LogP) is 2.03. The van der Waals surface area contributed by atoms with Gasteiger partial charge in [-0.1, -0.05) is 12.1 Å². The van der Waals surface area contributed by atoms with E-state index in [4.69, 9.17) is 0 Å². The summed E-state index contributed by atoms with van der Waals surface area (Å²) >= 11 is 0. The van der Waals surface area contributed by atoms with E-state index in [1.165, 1.54) is 19.1 Å². The lowest BCUT2D eigenvalue weighted by Crippen LogP contribution is -2.36. The molecule has 0 heterocycles. The average Bonchev–Trinajstić information content (AvgIpc) is 2.26. The molecule has 0 aromatic heterocycles. The highest BCUT2D eigenvalue weighted by molar-refractivity contribution is 7.89. The van der Waals surface area contributed by atoms with Gasteiger partial charge >= 0.3 is 6.18 Å². The van der Waals surface area contributed by atoms with E-state index in [0.29, 0.717) is 6.54 Å². The van der Waals surface area contributed by atoms with Crippen molar-refractivity contribution in [3.63, 3.8) is 0 Å². The Morgan fingerprint density at radius 2 is 1.95 bits per heavy atom. The first-order valence-electron chi connectivity index (χ1n) is 5.96. The molecule has 2 N–H and O–H groups in total. The molecular weight excluding hydrogens is 293 g/mol. The van der Waals surface area contributed by atoms with Crippen LogP contribution in [0.2, 0.25) is 0 Å². The van der Waals surface area contributed by atoms with Crippen molar-refractivity contribution in [2.45, 2.75) is 37.0 Å². The average molecular weight is 310 g/mol. The molecule has 114 valence electrons. The molecule has 1 atom stereocenters. The molecule has 0 fully saturated rings. The second kappa shape index (κ2) is 6.55. The fourth-order valence-electron chi connectivity index (χ4n) is 1.75. The van der Waals surface area contributed by atoms with Gasteiger partial charge in [0, 0.05) is 12.6 Å². The summed E-state index contributed by atoms with van der Waals surface area (Å²) in [7, 11) is -2.24. The molecule has 0 amide bonds. The molecule has 0 saturated carbocycles. The van der Waals surface area contributed by atoms with Crippen molar-refractivity contribution >= 4 is 10.0 Å². The van der Waals surface area contributed by atoms with Crippen LogP contribution in [-0.2, 0) is 16.6 Å². The van der Waals surface area contributed by atoms with Crippen LogP contribution in [0.3, 0.4) is 0 Å². The van der Waals surface area contributed by atoms with Gasteiger partial charge in [0.15, 0.2) is 0 Å². The van der Waals surface area contributed by atoms with E-state index >= 15 is 0 Å². The van der Waals surface area contributed by atoms with E-state index in [2.05, 4.69) is 5.32 Å². The Morgan fingerprint density at radius 1 is 1.30 bits per heavy atom. The van der Waals surface area contributed by atoms with Crippen molar-refractivity contribution in [2.75, 3.05) is 7.05 Å². The minimum atomic E-state index is -4.41. The molecule has 0 radical (unpaired) electrons. The number of nitrogens with one attached hydrogen (secondary N) is 2. The van der Waals surface area contributed by atoms with Gasteiger partial charge in [-0.25, -0.2) is 13.1 Å². The van der Waals surface area contributed by atoms with Gasteiger partial charge in [-0.3, -0.25) is 0 Å². The number of halogens is 3. The Morgan fingerprint density at radius 3 is 2.50 bits per heavy atom. The van der Waals surface area contributed by atoms with Gasteiger partial charge < -0.3 is 5.32 Å². The number of hydrogen-bond acceptors (Lipinski definition) is 3. The van der Waals surface area contributed by atoms with Crippen LogP contribution in [0.15, 0.2) is 29.2 Å². The lowest BCUT2D eigenvalue weighted by atomic mass is 10.2. The first kappa shape index (κ1) is 16.9. The molecule has 0 bridgehead atoms. The maximum Gasteiger partial charge on any atom is 0.390 e. The summed E-state index contributed by atoms with van der Waals surface area (Å²) in [5, 5.41) is 2.87. The van der Waals surface area contributed by atoms with E-state index < -0.39 is 28.7 Å². The Hall–Kier alpha value is -1.12. The maximum atomic E-state index is 12.2. The molecule has 0 aliphatic heterocycles. The molecule has 1 rings (SSSR count). The summed E-state index contributed by atoms with van der Waals surface area (Å²) in [5.74, 6) is 0. The minimum Gasteiger partial charge on any atom is -0.316 e. The largest absolute Gasteiger partial charge is 0.390 e. The SMILES string of the molecule is CNCc1cccc(S(=O)(=O)NC(C)CC(F)(F)F)c1. The van der Waals surface area contributed by atoms with Crippen LogP contribution < -0.4 is 10.0 Å². The molecule has 4 nitrogen and oxygen atoms in total. The monoisotopic (exact) mass is 310 g/mol. The number of rotatable bonds is 6. The van der Waals surface area contributed by atoms with Crippen LogP contribution in [0, 0.1) is 0 Å². The summed E-state index contributed by atoms with van der Waals surface area (Å²) < 4.78 is 62.6. The maximum absolute atomic E-state index is 12.2. The molecule has 8 heteroatoms. The zero-order chi connectivity index (χ0) is 15.4. The van der Waals surface area contributed by atoms with Crippen molar-refractivity contribution in [1.29, 1.82) is 0 Å². The van der Waals surface area contributed by atoms with Crippen LogP contribution in [-0.4, -0.2) is 27.7 Å². The third-order valence-electron chi connectivity index (χ3n) is 2.48. The fraction of sp³-hybridized carbons (Fsp3) is 0.500. The summed E-state index contributed by atoms with van der Waals surface area (Å²) in [6.07, 6.45) is -5.61. The second-order valence-corrected chi connectivity index (χ2v) is 6.23. The zero-order valence-electron chi connectivity index (χ0n) is 11.2. The van der Waals surface area contributed by atoms with Crippen LogP contribution in [0.4, 0.5) is 13.2 Å². The van der Waals surface area contributed by atoms with Crippen molar-refractivity contribution in [3.05, 3.63) is 29.8 Å². The fourth-order valence-corrected chi connectivity index (χ4v) is 3.06. The van der Waals surface area contributed by atoms with Crippen LogP contribution >= 0.6 is 0 Å². The summed E-state index contributed by atoms with van der Waals surface area (Å²) in [6, 6.07) is 4.85. The predicted molar refractivity (Wildman–Crippen MR) is 69.7 cm³/mol. The van der Waals surface area contributed by atoms with Gasteiger partial charge in [0.1, 0.15) is 0 Å². The Bertz CT molecular complexity index is 544. The first-order chi connectivity index (χ1) is 9.14. The summed E-state index contributed by atoms with van der Waals surface area (Å²) in [4.78, 5) is -0.0423. The van der Waals surface area contributed by atoms with Crippen molar-refractivity contribution in [3.8, 4) is 0 Å². The molecule has 20 heavy (non-hydrogen) atoms. The molecule has 0 aliphatic rings. The first-order valence-corrected chi connectivity index (χ1v) is 7.45. The van der Waals surface area contributed by atoms with E-state index in [1.807, 2.05) is 4.72 Å². The second-order valence-electron chi connectivity index (χ2n) is 4.52. The highest BCUT2D eigenvalue weighted by atomic mass is 32.2. The van der Waals surface area contributed by atoms with Crippen LogP contribution in [0.25, 0.3) is 0 Å². The Kier molecular flexibility index (Phi) is 5.55. The van der Waals surface area contributed by atoms with E-state index in [9.17, 15) is 21.6 Å².